The fourth-order valence-corrected chi connectivity index (χ4v) is 5.77. The molecule has 0 saturated carbocycles. The number of halogens is 3. The van der Waals surface area contributed by atoms with Gasteiger partial charge in [0.05, 0.1) is 17.1 Å². The summed E-state index contributed by atoms with van der Waals surface area (Å²) in [7, 11) is 0. The number of hydrogen-bond acceptors (Lipinski definition) is 4. The molecule has 3 amide bonds. The molecule has 0 aromatic heterocycles. The first kappa shape index (κ1) is 23.0. The van der Waals surface area contributed by atoms with E-state index in [0.717, 1.165) is 35.5 Å². The van der Waals surface area contributed by atoms with E-state index in [1.54, 1.807) is 24.3 Å². The predicted octanol–water partition coefficient (Wildman–Crippen LogP) is 4.33. The molecular weight excluding hydrogens is 479 g/mol. The summed E-state index contributed by atoms with van der Waals surface area (Å²) < 4.78 is 41.6. The number of anilines is 3. The minimum Gasteiger partial charge on any atom is -0.322 e. The number of rotatable bonds is 4. The predicted molar refractivity (Wildman–Crippen MR) is 127 cm³/mol. The van der Waals surface area contributed by atoms with E-state index in [1.807, 2.05) is 6.92 Å². The molecule has 35 heavy (non-hydrogen) atoms. The molecule has 178 valence electrons. The first-order valence-corrected chi connectivity index (χ1v) is 11.6. The van der Waals surface area contributed by atoms with Crippen molar-refractivity contribution < 1.29 is 27.6 Å². The molecule has 5 rings (SSSR count). The number of nitrogens with one attached hydrogen (secondary N) is 1. The Labute approximate surface area is 202 Å². The molecule has 1 atom stereocenters. The molecule has 1 spiro atoms. The molecule has 1 saturated heterocycles. The van der Waals surface area contributed by atoms with Gasteiger partial charge in [0.1, 0.15) is 24.0 Å². The third-order valence-corrected chi connectivity index (χ3v) is 7.27. The Morgan fingerprint density at radius 2 is 1.80 bits per heavy atom. The number of amides is 3. The van der Waals surface area contributed by atoms with Crippen LogP contribution in [0.15, 0.2) is 60.7 Å². The third-order valence-electron chi connectivity index (χ3n) is 5.88. The smallest absolute Gasteiger partial charge is 0.269 e. The fraction of sp³-hybridized carbons (Fsp3) is 0.160. The molecule has 0 radical (unpaired) electrons. The van der Waals surface area contributed by atoms with Crippen LogP contribution in [0.4, 0.5) is 30.2 Å². The molecule has 3 aromatic carbocycles. The largest absolute Gasteiger partial charge is 0.322 e. The summed E-state index contributed by atoms with van der Waals surface area (Å²) >= 11 is 1.09. The van der Waals surface area contributed by atoms with Crippen LogP contribution in [0.3, 0.4) is 0 Å². The quantitative estimate of drug-likeness (QED) is 0.583. The topological polar surface area (TPSA) is 69.7 Å². The van der Waals surface area contributed by atoms with E-state index in [0.29, 0.717) is 11.3 Å². The number of thioether (sulfide) groups is 1. The first-order valence-electron chi connectivity index (χ1n) is 10.6. The fourth-order valence-electron chi connectivity index (χ4n) is 4.42. The Morgan fingerprint density at radius 3 is 2.57 bits per heavy atom. The SMILES string of the molecule is Cc1ccc2c(c1)[C@]1(SCC(=O)N1c1cccc(F)c1)C(=O)N2CC(=O)Nc1cc(F)ccc1F. The highest BCUT2D eigenvalue weighted by Gasteiger charge is 2.61. The number of carbonyl (C=O) groups excluding carboxylic acids is 3. The summed E-state index contributed by atoms with van der Waals surface area (Å²) in [6.07, 6.45) is 0. The minimum atomic E-state index is -1.53. The number of fused-ring (bicyclic) bond motifs is 2. The van der Waals surface area contributed by atoms with Crippen molar-refractivity contribution in [2.24, 2.45) is 0 Å². The van der Waals surface area contributed by atoms with Crippen molar-refractivity contribution in [1.82, 2.24) is 0 Å². The van der Waals surface area contributed by atoms with E-state index in [4.69, 9.17) is 0 Å². The van der Waals surface area contributed by atoms with E-state index in [1.165, 1.54) is 28.0 Å². The van der Waals surface area contributed by atoms with Gasteiger partial charge in [-0.25, -0.2) is 13.2 Å². The molecule has 3 aromatic rings. The van der Waals surface area contributed by atoms with Gasteiger partial charge in [-0.1, -0.05) is 23.8 Å². The van der Waals surface area contributed by atoms with Crippen molar-refractivity contribution in [2.45, 2.75) is 11.8 Å². The lowest BCUT2D eigenvalue weighted by molar-refractivity contribution is -0.124. The summed E-state index contributed by atoms with van der Waals surface area (Å²) in [6.45, 7) is 1.33. The Balaban J connectivity index is 1.55. The Bertz CT molecular complexity index is 1400. The van der Waals surface area contributed by atoms with Gasteiger partial charge < -0.3 is 5.32 Å². The van der Waals surface area contributed by atoms with Crippen LogP contribution >= 0.6 is 11.8 Å². The van der Waals surface area contributed by atoms with Gasteiger partial charge in [-0.3, -0.25) is 24.2 Å². The molecule has 0 bridgehead atoms. The summed E-state index contributed by atoms with van der Waals surface area (Å²) in [5.41, 5.74) is 1.58. The molecule has 2 aliphatic rings. The van der Waals surface area contributed by atoms with E-state index in [-0.39, 0.29) is 23.0 Å². The van der Waals surface area contributed by atoms with Crippen LogP contribution in [0.25, 0.3) is 0 Å². The molecule has 1 N–H and O–H groups in total. The molecule has 1 fully saturated rings. The van der Waals surface area contributed by atoms with Gasteiger partial charge in [0.15, 0.2) is 0 Å². The van der Waals surface area contributed by atoms with Crippen LogP contribution in [-0.2, 0) is 19.3 Å². The Morgan fingerprint density at radius 1 is 1.03 bits per heavy atom. The standard InChI is InChI=1S/C25H18F3N3O3S/c1-14-5-8-21-18(9-14)25(31(23(33)13-35-25)17-4-2-3-15(26)10-17)24(34)30(21)12-22(32)29-20-11-16(27)6-7-19(20)28/h2-11H,12-13H2,1H3,(H,29,32)/t25-/m0/s1. The van der Waals surface area contributed by atoms with Crippen LogP contribution in [0.2, 0.25) is 0 Å². The minimum absolute atomic E-state index is 0.0236. The maximum Gasteiger partial charge on any atom is 0.269 e. The average Bonchev–Trinajstić information content (AvgIpc) is 3.27. The maximum absolute atomic E-state index is 14.0. The lowest BCUT2D eigenvalue weighted by atomic mass is 10.0. The van der Waals surface area contributed by atoms with Crippen LogP contribution < -0.4 is 15.1 Å². The molecule has 0 aliphatic carbocycles. The number of benzene rings is 3. The van der Waals surface area contributed by atoms with Crippen LogP contribution in [0.5, 0.6) is 0 Å². The van der Waals surface area contributed by atoms with Crippen molar-refractivity contribution in [3.8, 4) is 0 Å². The monoisotopic (exact) mass is 497 g/mol. The summed E-state index contributed by atoms with van der Waals surface area (Å²) in [6, 6.07) is 13.2. The van der Waals surface area contributed by atoms with E-state index >= 15 is 0 Å². The zero-order valence-corrected chi connectivity index (χ0v) is 19.2. The van der Waals surface area contributed by atoms with Crippen LogP contribution in [0, 0.1) is 24.4 Å². The van der Waals surface area contributed by atoms with Gasteiger partial charge in [0, 0.05) is 17.3 Å². The molecule has 2 heterocycles. The van der Waals surface area contributed by atoms with E-state index in [9.17, 15) is 27.6 Å². The van der Waals surface area contributed by atoms with E-state index in [2.05, 4.69) is 5.32 Å². The summed E-state index contributed by atoms with van der Waals surface area (Å²) in [5, 5.41) is 2.29. The summed E-state index contributed by atoms with van der Waals surface area (Å²) in [5.74, 6) is -3.84. The summed E-state index contributed by atoms with van der Waals surface area (Å²) in [4.78, 5) is 40.6. The second-order valence-electron chi connectivity index (χ2n) is 8.23. The molecule has 6 nitrogen and oxygen atoms in total. The van der Waals surface area contributed by atoms with Crippen molar-refractivity contribution in [3.63, 3.8) is 0 Å². The zero-order valence-electron chi connectivity index (χ0n) is 18.3. The van der Waals surface area contributed by atoms with Crippen LogP contribution in [-0.4, -0.2) is 30.0 Å². The molecular formula is C25H18F3N3O3S. The third kappa shape index (κ3) is 3.74. The lowest BCUT2D eigenvalue weighted by Crippen LogP contribution is -2.51. The second-order valence-corrected chi connectivity index (χ2v) is 9.39. The highest BCUT2D eigenvalue weighted by Crippen LogP contribution is 2.55. The first-order chi connectivity index (χ1) is 16.7. The number of carbonyl (C=O) groups is 3. The zero-order chi connectivity index (χ0) is 24.9. The van der Waals surface area contributed by atoms with Crippen molar-refractivity contribution >= 4 is 46.5 Å². The number of hydrogen-bond donors (Lipinski definition) is 1. The molecule has 0 unspecified atom stereocenters. The van der Waals surface area contributed by atoms with Crippen LogP contribution in [0.1, 0.15) is 11.1 Å². The van der Waals surface area contributed by atoms with Gasteiger partial charge >= 0.3 is 0 Å². The normalized spacial score (nSPS) is 19.0. The van der Waals surface area contributed by atoms with E-state index < -0.39 is 40.7 Å². The van der Waals surface area contributed by atoms with Gasteiger partial charge in [0.25, 0.3) is 5.91 Å². The van der Waals surface area contributed by atoms with Gasteiger partial charge in [-0.05, 0) is 43.3 Å². The highest BCUT2D eigenvalue weighted by molar-refractivity contribution is 8.02. The molecule has 10 heteroatoms. The Hall–Kier alpha value is -3.79. The average molecular weight is 497 g/mol. The van der Waals surface area contributed by atoms with Gasteiger partial charge in [0.2, 0.25) is 16.7 Å². The lowest BCUT2D eigenvalue weighted by Gasteiger charge is -2.33. The van der Waals surface area contributed by atoms with Gasteiger partial charge in [-0.15, -0.1) is 11.8 Å². The highest BCUT2D eigenvalue weighted by atomic mass is 32.2. The van der Waals surface area contributed by atoms with Crippen molar-refractivity contribution in [2.75, 3.05) is 27.4 Å². The Kier molecular flexibility index (Phi) is 5.55. The van der Waals surface area contributed by atoms with Gasteiger partial charge in [-0.2, -0.15) is 0 Å². The number of nitrogens with zero attached hydrogens (tertiary/aromatic N) is 2. The second kappa shape index (κ2) is 8.46. The maximum atomic E-state index is 14.0. The van der Waals surface area contributed by atoms with Crippen molar-refractivity contribution in [3.05, 3.63) is 89.2 Å². The van der Waals surface area contributed by atoms with Crippen molar-refractivity contribution in [1.29, 1.82) is 0 Å². The number of aryl methyl sites for hydroxylation is 1. The molecule has 2 aliphatic heterocycles.